The molecule has 14 heteroatoms. The Hall–Kier alpha value is -4.40. The number of hydrogen-bond donors (Lipinski definition) is 2. The zero-order valence-electron chi connectivity index (χ0n) is 25.4. The lowest BCUT2D eigenvalue weighted by atomic mass is 10.0. The molecule has 0 spiro atoms. The summed E-state index contributed by atoms with van der Waals surface area (Å²) < 4.78 is 51.5. The summed E-state index contributed by atoms with van der Waals surface area (Å²) in [7, 11) is 1.57. The number of nitrogens with one attached hydrogen (secondary N) is 2. The van der Waals surface area contributed by atoms with Crippen LogP contribution < -0.4 is 25.3 Å². The molecule has 3 aliphatic heterocycles. The van der Waals surface area contributed by atoms with E-state index >= 15 is 0 Å². The number of carbonyl (C=O) groups excluding carboxylic acids is 1. The van der Waals surface area contributed by atoms with E-state index in [2.05, 4.69) is 37.0 Å². The minimum Gasteiger partial charge on any atom is -0.494 e. The number of carbonyl (C=O) groups is 1. The lowest BCUT2D eigenvalue weighted by Gasteiger charge is -2.32. The average Bonchev–Trinajstić information content (AvgIpc) is 3.76. The fourth-order valence-corrected chi connectivity index (χ4v) is 6.18. The number of rotatable bonds is 9. The highest BCUT2D eigenvalue weighted by Crippen LogP contribution is 2.41. The molecule has 0 saturated carbocycles. The highest BCUT2D eigenvalue weighted by atomic mass is 19.4. The first-order valence-corrected chi connectivity index (χ1v) is 15.1. The Labute approximate surface area is 264 Å². The molecule has 0 aliphatic carbocycles. The van der Waals surface area contributed by atoms with Crippen molar-refractivity contribution in [3.63, 3.8) is 0 Å². The smallest absolute Gasteiger partial charge is 0.416 e. The second kappa shape index (κ2) is 13.5. The van der Waals surface area contributed by atoms with Crippen molar-refractivity contribution in [2.75, 3.05) is 73.7 Å². The quantitative estimate of drug-likeness (QED) is 0.305. The topological polar surface area (TPSA) is 104 Å². The number of hydrogen-bond acceptors (Lipinski definition) is 10. The molecule has 1 amide bonds. The molecule has 3 saturated heterocycles. The van der Waals surface area contributed by atoms with Gasteiger partial charge in [-0.05, 0) is 36.3 Å². The second-order valence-electron chi connectivity index (χ2n) is 11.3. The lowest BCUT2D eigenvalue weighted by Crippen LogP contribution is -2.44. The molecular weight excluding hydrogens is 603 g/mol. The molecule has 3 aromatic rings. The van der Waals surface area contributed by atoms with Gasteiger partial charge in [0.05, 0.1) is 55.6 Å². The minimum absolute atomic E-state index is 0.318. The van der Waals surface area contributed by atoms with Crippen LogP contribution in [-0.2, 0) is 20.5 Å². The largest absolute Gasteiger partial charge is 0.494 e. The molecule has 2 aromatic carbocycles. The van der Waals surface area contributed by atoms with E-state index in [4.69, 9.17) is 14.3 Å². The van der Waals surface area contributed by atoms with Crippen molar-refractivity contribution < 1.29 is 32.3 Å². The monoisotopic (exact) mass is 639 g/mol. The molecule has 2 atom stereocenters. The number of nitrogens with zero attached hydrogens (tertiary/aromatic N) is 5. The van der Waals surface area contributed by atoms with Crippen LogP contribution in [0.25, 0.3) is 0 Å². The average molecular weight is 640 g/mol. The summed E-state index contributed by atoms with van der Waals surface area (Å²) in [5.74, 6) is 0.946. The summed E-state index contributed by atoms with van der Waals surface area (Å²) in [4.78, 5) is 31.7. The van der Waals surface area contributed by atoms with Crippen LogP contribution in [0.5, 0.6) is 5.75 Å². The minimum atomic E-state index is -4.45. The highest BCUT2D eigenvalue weighted by Gasteiger charge is 2.34. The SMILES string of the molecule is C=CC(=O)Nc1cc(Nc2cc(N3OCC[C@@H]3c3cccc(C(F)(F)F)c3)ncn2)c(OC)cc1N1CC[C@H](N2CCOCC2)C1. The number of aromatic nitrogens is 2. The van der Waals surface area contributed by atoms with Crippen LogP contribution in [0.3, 0.4) is 0 Å². The number of amides is 1. The van der Waals surface area contributed by atoms with E-state index in [0.29, 0.717) is 53.4 Å². The third-order valence-electron chi connectivity index (χ3n) is 8.47. The number of halogens is 3. The number of ether oxygens (including phenoxy) is 2. The molecule has 6 rings (SSSR count). The Bertz CT molecular complexity index is 1570. The van der Waals surface area contributed by atoms with E-state index < -0.39 is 17.8 Å². The Kier molecular flexibility index (Phi) is 9.29. The first-order chi connectivity index (χ1) is 22.2. The normalized spacial score (nSPS) is 20.5. The lowest BCUT2D eigenvalue weighted by molar-refractivity contribution is -0.137. The molecule has 3 fully saturated rings. The summed E-state index contributed by atoms with van der Waals surface area (Å²) in [5.41, 5.74) is 1.69. The standard InChI is InChI=1S/C32H36F3N7O4/c1-3-31(43)39-24-16-25(28(44-2)17-27(24)41-9-7-23(19-41)40-10-13-45-14-11-40)38-29-18-30(37-20-36-29)42-26(8-12-46-42)21-5-4-6-22(15-21)32(33,34)35/h3-6,15-18,20,23,26H,1,7-14,19H2,2H3,(H,39,43)(H,36,37,38)/t23-,26+/m0/s1. The molecule has 1 aromatic heterocycles. The maximum atomic E-state index is 13.4. The van der Waals surface area contributed by atoms with E-state index in [-0.39, 0.29) is 5.91 Å². The van der Waals surface area contributed by atoms with E-state index in [0.717, 1.165) is 63.6 Å². The van der Waals surface area contributed by atoms with Crippen molar-refractivity contribution >= 4 is 34.6 Å². The van der Waals surface area contributed by atoms with Crippen molar-refractivity contribution in [2.45, 2.75) is 31.1 Å². The van der Waals surface area contributed by atoms with Gasteiger partial charge in [0, 0.05) is 50.8 Å². The van der Waals surface area contributed by atoms with Gasteiger partial charge >= 0.3 is 6.18 Å². The Balaban J connectivity index is 1.26. The number of hydroxylamine groups is 1. The molecule has 3 aliphatic rings. The van der Waals surface area contributed by atoms with Crippen LogP contribution in [0.4, 0.5) is 41.9 Å². The Morgan fingerprint density at radius 2 is 1.89 bits per heavy atom. The molecular formula is C32H36F3N7O4. The van der Waals surface area contributed by atoms with Crippen molar-refractivity contribution in [1.82, 2.24) is 14.9 Å². The van der Waals surface area contributed by atoms with Crippen LogP contribution in [0.15, 0.2) is 61.4 Å². The van der Waals surface area contributed by atoms with Gasteiger partial charge < -0.3 is 25.0 Å². The fourth-order valence-electron chi connectivity index (χ4n) is 6.18. The highest BCUT2D eigenvalue weighted by molar-refractivity contribution is 6.02. The van der Waals surface area contributed by atoms with Gasteiger partial charge in [-0.3, -0.25) is 14.5 Å². The van der Waals surface area contributed by atoms with Gasteiger partial charge in [0.15, 0.2) is 5.82 Å². The summed E-state index contributed by atoms with van der Waals surface area (Å²) in [6, 6.07) is 10.5. The molecule has 0 bridgehead atoms. The molecule has 0 radical (unpaired) electrons. The van der Waals surface area contributed by atoms with Crippen LogP contribution >= 0.6 is 0 Å². The summed E-state index contributed by atoms with van der Waals surface area (Å²) in [6.07, 6.45) is -0.418. The number of alkyl halides is 3. The van der Waals surface area contributed by atoms with Crippen LogP contribution in [0.2, 0.25) is 0 Å². The number of morpholine rings is 1. The zero-order valence-corrected chi connectivity index (χ0v) is 25.4. The molecule has 0 unspecified atom stereocenters. The Morgan fingerprint density at radius 1 is 1.07 bits per heavy atom. The molecule has 4 heterocycles. The maximum absolute atomic E-state index is 13.4. The van der Waals surface area contributed by atoms with E-state index in [9.17, 15) is 18.0 Å². The summed E-state index contributed by atoms with van der Waals surface area (Å²) in [6.45, 7) is 8.78. The molecule has 11 nitrogen and oxygen atoms in total. The van der Waals surface area contributed by atoms with E-state index in [1.54, 1.807) is 25.3 Å². The van der Waals surface area contributed by atoms with E-state index in [1.807, 2.05) is 6.07 Å². The first-order valence-electron chi connectivity index (χ1n) is 15.1. The van der Waals surface area contributed by atoms with Gasteiger partial charge in [0.25, 0.3) is 0 Å². The Morgan fingerprint density at radius 3 is 2.65 bits per heavy atom. The summed E-state index contributed by atoms with van der Waals surface area (Å²) in [5, 5.41) is 7.70. The van der Waals surface area contributed by atoms with Gasteiger partial charge in [-0.25, -0.2) is 15.0 Å². The van der Waals surface area contributed by atoms with Gasteiger partial charge in [-0.2, -0.15) is 13.2 Å². The third-order valence-corrected chi connectivity index (χ3v) is 8.47. The summed E-state index contributed by atoms with van der Waals surface area (Å²) >= 11 is 0. The van der Waals surface area contributed by atoms with Crippen LogP contribution in [0.1, 0.15) is 30.0 Å². The fraction of sp³-hybridized carbons (Fsp3) is 0.406. The molecule has 2 N–H and O–H groups in total. The predicted octanol–water partition coefficient (Wildman–Crippen LogP) is 5.17. The molecule has 244 valence electrons. The van der Waals surface area contributed by atoms with Gasteiger partial charge in [0.2, 0.25) is 5.91 Å². The van der Waals surface area contributed by atoms with Gasteiger partial charge in [0.1, 0.15) is 17.9 Å². The molecule has 46 heavy (non-hydrogen) atoms. The number of anilines is 5. The van der Waals surface area contributed by atoms with Crippen LogP contribution in [-0.4, -0.2) is 79.9 Å². The van der Waals surface area contributed by atoms with Crippen LogP contribution in [0, 0.1) is 0 Å². The number of methoxy groups -OCH3 is 1. The van der Waals surface area contributed by atoms with Gasteiger partial charge in [-0.15, -0.1) is 0 Å². The van der Waals surface area contributed by atoms with Crippen molar-refractivity contribution in [1.29, 1.82) is 0 Å². The first kappa shape index (κ1) is 31.6. The third kappa shape index (κ3) is 6.88. The predicted molar refractivity (Wildman–Crippen MR) is 167 cm³/mol. The van der Waals surface area contributed by atoms with E-state index in [1.165, 1.54) is 23.5 Å². The van der Waals surface area contributed by atoms with Crippen molar-refractivity contribution in [3.05, 3.63) is 72.6 Å². The zero-order chi connectivity index (χ0) is 32.3. The number of benzene rings is 2. The van der Waals surface area contributed by atoms with Gasteiger partial charge in [-0.1, -0.05) is 18.7 Å². The maximum Gasteiger partial charge on any atom is 0.416 e. The van der Waals surface area contributed by atoms with Crippen molar-refractivity contribution in [3.8, 4) is 5.75 Å². The van der Waals surface area contributed by atoms with Crippen molar-refractivity contribution in [2.24, 2.45) is 0 Å². The second-order valence-corrected chi connectivity index (χ2v) is 11.3.